The van der Waals surface area contributed by atoms with Crippen LogP contribution in [0, 0.1) is 10.1 Å². The first-order chi connectivity index (χ1) is 14.5. The molecule has 0 amide bonds. The lowest BCUT2D eigenvalue weighted by Crippen LogP contribution is -2.49. The third-order valence-electron chi connectivity index (χ3n) is 5.08. The Labute approximate surface area is 177 Å². The molecular formula is C19H20F3N3O5S. The quantitative estimate of drug-likeness (QED) is 0.485. The zero-order valence-corrected chi connectivity index (χ0v) is 17.3. The van der Waals surface area contributed by atoms with Crippen molar-refractivity contribution in [3.63, 3.8) is 0 Å². The van der Waals surface area contributed by atoms with Crippen LogP contribution < -0.4 is 4.74 Å². The SMILES string of the molecule is CC(c1cccc([N+](=O)[O-])c1)N1CCN(S(=O)(=O)c2ccc(OC(F)(F)F)cc2)CC1. The number of sulfonamides is 1. The minimum absolute atomic E-state index is 0.0106. The highest BCUT2D eigenvalue weighted by molar-refractivity contribution is 7.89. The molecule has 12 heteroatoms. The van der Waals surface area contributed by atoms with Gasteiger partial charge in [0.1, 0.15) is 5.75 Å². The Morgan fingerprint density at radius 3 is 2.23 bits per heavy atom. The van der Waals surface area contributed by atoms with E-state index in [0.29, 0.717) is 13.1 Å². The first kappa shape index (κ1) is 23.0. The van der Waals surface area contributed by atoms with Crippen LogP contribution >= 0.6 is 0 Å². The topological polar surface area (TPSA) is 93.0 Å². The maximum atomic E-state index is 12.8. The fourth-order valence-electron chi connectivity index (χ4n) is 3.40. The summed E-state index contributed by atoms with van der Waals surface area (Å²) in [5, 5.41) is 11.0. The van der Waals surface area contributed by atoms with E-state index in [2.05, 4.69) is 4.74 Å². The normalized spacial score (nSPS) is 17.3. The number of halogens is 3. The maximum absolute atomic E-state index is 12.8. The number of rotatable bonds is 6. The van der Waals surface area contributed by atoms with Crippen LogP contribution in [0.2, 0.25) is 0 Å². The predicted molar refractivity (Wildman–Crippen MR) is 105 cm³/mol. The van der Waals surface area contributed by atoms with Crippen molar-refractivity contribution < 1.29 is 31.2 Å². The van der Waals surface area contributed by atoms with E-state index in [1.807, 2.05) is 11.8 Å². The molecule has 1 atom stereocenters. The smallest absolute Gasteiger partial charge is 0.406 e. The van der Waals surface area contributed by atoms with Crippen LogP contribution in [-0.4, -0.2) is 55.1 Å². The summed E-state index contributed by atoms with van der Waals surface area (Å²) in [7, 11) is -3.87. The Morgan fingerprint density at radius 2 is 1.68 bits per heavy atom. The zero-order chi connectivity index (χ0) is 22.8. The van der Waals surface area contributed by atoms with Gasteiger partial charge in [0, 0.05) is 44.4 Å². The number of nitro benzene ring substituents is 1. The summed E-state index contributed by atoms with van der Waals surface area (Å²) in [6.45, 7) is 3.06. The van der Waals surface area contributed by atoms with E-state index in [9.17, 15) is 31.7 Å². The van der Waals surface area contributed by atoms with E-state index < -0.39 is 27.1 Å². The second kappa shape index (κ2) is 8.81. The van der Waals surface area contributed by atoms with Crippen LogP contribution in [0.1, 0.15) is 18.5 Å². The summed E-state index contributed by atoms with van der Waals surface area (Å²) >= 11 is 0. The molecule has 1 heterocycles. The maximum Gasteiger partial charge on any atom is 0.573 e. The lowest BCUT2D eigenvalue weighted by Gasteiger charge is -2.37. The number of alkyl halides is 3. The van der Waals surface area contributed by atoms with Crippen molar-refractivity contribution >= 4 is 15.7 Å². The van der Waals surface area contributed by atoms with Gasteiger partial charge in [-0.2, -0.15) is 4.31 Å². The van der Waals surface area contributed by atoms with E-state index in [1.54, 1.807) is 12.1 Å². The molecule has 0 bridgehead atoms. The molecule has 1 fully saturated rings. The van der Waals surface area contributed by atoms with Crippen molar-refractivity contribution in [2.45, 2.75) is 24.2 Å². The van der Waals surface area contributed by atoms with E-state index >= 15 is 0 Å². The molecule has 2 aromatic carbocycles. The highest BCUT2D eigenvalue weighted by Gasteiger charge is 2.33. The van der Waals surface area contributed by atoms with Crippen molar-refractivity contribution in [2.75, 3.05) is 26.2 Å². The lowest BCUT2D eigenvalue weighted by molar-refractivity contribution is -0.385. The number of nitrogens with zero attached hydrogens (tertiary/aromatic N) is 3. The van der Waals surface area contributed by atoms with Crippen LogP contribution in [0.25, 0.3) is 0 Å². The van der Waals surface area contributed by atoms with E-state index in [0.717, 1.165) is 29.8 Å². The average Bonchev–Trinajstić information content (AvgIpc) is 2.72. The van der Waals surface area contributed by atoms with Crippen LogP contribution in [0.3, 0.4) is 0 Å². The summed E-state index contributed by atoms with van der Waals surface area (Å²) in [4.78, 5) is 12.4. The first-order valence-electron chi connectivity index (χ1n) is 9.32. The summed E-state index contributed by atoms with van der Waals surface area (Å²) in [6.07, 6.45) is -4.85. The minimum Gasteiger partial charge on any atom is -0.406 e. The van der Waals surface area contributed by atoms with Gasteiger partial charge in [0.2, 0.25) is 10.0 Å². The van der Waals surface area contributed by atoms with Crippen LogP contribution in [-0.2, 0) is 10.0 Å². The molecule has 31 heavy (non-hydrogen) atoms. The average molecular weight is 459 g/mol. The second-order valence-electron chi connectivity index (χ2n) is 6.99. The number of piperazine rings is 1. The Hall–Kier alpha value is -2.70. The molecule has 0 spiro atoms. The number of benzene rings is 2. The van der Waals surface area contributed by atoms with Crippen molar-refractivity contribution in [2.24, 2.45) is 0 Å². The number of ether oxygens (including phenoxy) is 1. The molecule has 1 aliphatic heterocycles. The van der Waals surface area contributed by atoms with Gasteiger partial charge in [-0.15, -0.1) is 13.2 Å². The molecule has 0 aromatic heterocycles. The fraction of sp³-hybridized carbons (Fsp3) is 0.368. The summed E-state index contributed by atoms with van der Waals surface area (Å²) in [6, 6.07) is 10.2. The van der Waals surface area contributed by atoms with Crippen LogP contribution in [0.4, 0.5) is 18.9 Å². The number of hydrogen-bond acceptors (Lipinski definition) is 6. The zero-order valence-electron chi connectivity index (χ0n) is 16.4. The first-order valence-corrected chi connectivity index (χ1v) is 10.8. The van der Waals surface area contributed by atoms with Crippen molar-refractivity contribution in [1.82, 2.24) is 9.21 Å². The third-order valence-corrected chi connectivity index (χ3v) is 6.99. The standard InChI is InChI=1S/C19H20F3N3O5S/c1-14(15-3-2-4-16(13-15)25(26)27)23-9-11-24(12-10-23)31(28,29)18-7-5-17(6-8-18)30-19(20,21)22/h2-8,13-14H,9-12H2,1H3. The third kappa shape index (κ3) is 5.51. The summed E-state index contributed by atoms with van der Waals surface area (Å²) in [5.41, 5.74) is 0.745. The van der Waals surface area contributed by atoms with Crippen LogP contribution in [0.15, 0.2) is 53.4 Å². The second-order valence-corrected chi connectivity index (χ2v) is 8.93. The van der Waals surface area contributed by atoms with Crippen molar-refractivity contribution in [1.29, 1.82) is 0 Å². The minimum atomic E-state index is -4.85. The van der Waals surface area contributed by atoms with Crippen LogP contribution in [0.5, 0.6) is 5.75 Å². The van der Waals surface area contributed by atoms with Gasteiger partial charge in [-0.25, -0.2) is 8.42 Å². The Bertz CT molecular complexity index is 1040. The molecule has 3 rings (SSSR count). The largest absolute Gasteiger partial charge is 0.573 e. The molecule has 0 aliphatic carbocycles. The highest BCUT2D eigenvalue weighted by atomic mass is 32.2. The molecule has 1 aliphatic rings. The molecule has 0 N–H and O–H groups in total. The molecule has 0 saturated carbocycles. The Kier molecular flexibility index (Phi) is 6.53. The molecule has 1 saturated heterocycles. The van der Waals surface area contributed by atoms with Gasteiger partial charge in [-0.05, 0) is 36.8 Å². The molecule has 168 valence electrons. The summed E-state index contributed by atoms with van der Waals surface area (Å²) in [5.74, 6) is -0.498. The van der Waals surface area contributed by atoms with E-state index in [4.69, 9.17) is 0 Å². The van der Waals surface area contributed by atoms with Gasteiger partial charge in [0.25, 0.3) is 5.69 Å². The van der Waals surface area contributed by atoms with Gasteiger partial charge in [-0.3, -0.25) is 15.0 Å². The van der Waals surface area contributed by atoms with Gasteiger partial charge in [-0.1, -0.05) is 12.1 Å². The predicted octanol–water partition coefficient (Wildman–Crippen LogP) is 3.56. The Morgan fingerprint density at radius 1 is 1.06 bits per heavy atom. The van der Waals surface area contributed by atoms with Crippen molar-refractivity contribution in [3.05, 3.63) is 64.2 Å². The number of hydrogen-bond donors (Lipinski definition) is 0. The van der Waals surface area contributed by atoms with Gasteiger partial charge < -0.3 is 4.74 Å². The van der Waals surface area contributed by atoms with Gasteiger partial charge in [0.15, 0.2) is 0 Å². The highest BCUT2D eigenvalue weighted by Crippen LogP contribution is 2.28. The Balaban J connectivity index is 1.65. The fourth-order valence-corrected chi connectivity index (χ4v) is 4.82. The number of nitro groups is 1. The molecule has 2 aromatic rings. The van der Waals surface area contributed by atoms with Gasteiger partial charge >= 0.3 is 6.36 Å². The summed E-state index contributed by atoms with van der Waals surface area (Å²) < 4.78 is 67.5. The van der Waals surface area contributed by atoms with Gasteiger partial charge in [0.05, 0.1) is 9.82 Å². The monoisotopic (exact) mass is 459 g/mol. The molecule has 8 nitrogen and oxygen atoms in total. The van der Waals surface area contributed by atoms with E-state index in [-0.39, 0.29) is 29.7 Å². The molecule has 1 unspecified atom stereocenters. The molecule has 0 radical (unpaired) electrons. The van der Waals surface area contributed by atoms with Crippen molar-refractivity contribution in [3.8, 4) is 5.75 Å². The van der Waals surface area contributed by atoms with E-state index in [1.165, 1.54) is 16.4 Å². The number of non-ortho nitro benzene ring substituents is 1. The molecular weight excluding hydrogens is 439 g/mol. The lowest BCUT2D eigenvalue weighted by atomic mass is 10.1.